The highest BCUT2D eigenvalue weighted by molar-refractivity contribution is 5.62. The van der Waals surface area contributed by atoms with Gasteiger partial charge in [0.15, 0.2) is 6.29 Å². The maximum atomic E-state index is 13.4. The molecule has 1 saturated heterocycles. The highest BCUT2D eigenvalue weighted by Crippen LogP contribution is 2.50. The summed E-state index contributed by atoms with van der Waals surface area (Å²) in [5.41, 5.74) is 2.43. The lowest BCUT2D eigenvalue weighted by molar-refractivity contribution is -0.308. The van der Waals surface area contributed by atoms with Crippen molar-refractivity contribution in [2.24, 2.45) is 23.2 Å². The Kier molecular flexibility index (Phi) is 14.0. The van der Waals surface area contributed by atoms with E-state index in [9.17, 15) is 4.79 Å². The van der Waals surface area contributed by atoms with Crippen molar-refractivity contribution in [3.63, 3.8) is 0 Å². The standard InChI is InChI=1S/C37H50O8/c1-6-33-35(43-26-40-5)34(45-36(44-33)31-15-11-8-12-16-31)32-19-30(23-42-25-39-4)17-18-37(32,24-38)20-27(2)28(3)21-41-22-29-13-9-7-10-14-29/h6-16,19,24,27-28,32-36H,1,17-18,20-23,25-26H2,2-5H3/t27-,28-,32+,33+,34-,35+,36+,37-/m0/s1. The molecule has 246 valence electrons. The van der Waals surface area contributed by atoms with Crippen LogP contribution in [0.4, 0.5) is 0 Å². The maximum absolute atomic E-state index is 13.4. The van der Waals surface area contributed by atoms with E-state index in [1.807, 2.05) is 48.5 Å². The molecule has 2 aromatic rings. The van der Waals surface area contributed by atoms with Gasteiger partial charge in [0.05, 0.1) is 19.3 Å². The zero-order valence-electron chi connectivity index (χ0n) is 27.2. The molecule has 1 aliphatic carbocycles. The summed E-state index contributed by atoms with van der Waals surface area (Å²) in [6.45, 7) is 10.3. The van der Waals surface area contributed by atoms with Gasteiger partial charge in [-0.25, -0.2) is 0 Å². The van der Waals surface area contributed by atoms with E-state index in [0.717, 1.165) is 29.4 Å². The molecule has 0 unspecified atom stereocenters. The number of ether oxygens (including phenoxy) is 7. The average Bonchev–Trinajstić information content (AvgIpc) is 3.08. The molecule has 0 radical (unpaired) electrons. The van der Waals surface area contributed by atoms with Crippen LogP contribution in [-0.4, -0.2) is 65.6 Å². The quantitative estimate of drug-likeness (QED) is 0.0790. The first-order chi connectivity index (χ1) is 21.9. The van der Waals surface area contributed by atoms with Gasteiger partial charge in [0.2, 0.25) is 0 Å². The summed E-state index contributed by atoms with van der Waals surface area (Å²) < 4.78 is 41.7. The Morgan fingerprint density at radius 1 is 0.933 bits per heavy atom. The normalized spacial score (nSPS) is 28.2. The minimum Gasteiger partial charge on any atom is -0.376 e. The molecule has 1 aliphatic heterocycles. The molecule has 8 heteroatoms. The van der Waals surface area contributed by atoms with Gasteiger partial charge < -0.3 is 38.0 Å². The zero-order valence-corrected chi connectivity index (χ0v) is 27.2. The van der Waals surface area contributed by atoms with Crippen molar-refractivity contribution in [3.8, 4) is 0 Å². The van der Waals surface area contributed by atoms with Crippen molar-refractivity contribution < 1.29 is 38.0 Å². The van der Waals surface area contributed by atoms with Gasteiger partial charge in [0.25, 0.3) is 0 Å². The third-order valence-corrected chi connectivity index (χ3v) is 9.13. The molecule has 0 spiro atoms. The van der Waals surface area contributed by atoms with Crippen LogP contribution in [0.15, 0.2) is 85.0 Å². The largest absolute Gasteiger partial charge is 0.376 e. The van der Waals surface area contributed by atoms with Crippen molar-refractivity contribution >= 4 is 6.29 Å². The van der Waals surface area contributed by atoms with Crippen LogP contribution in [0.3, 0.4) is 0 Å². The van der Waals surface area contributed by atoms with Crippen LogP contribution >= 0.6 is 0 Å². The number of carbonyl (C=O) groups excluding carboxylic acids is 1. The molecule has 2 aliphatic rings. The minimum absolute atomic E-state index is 0.0503. The van der Waals surface area contributed by atoms with Crippen molar-refractivity contribution in [2.45, 2.75) is 64.3 Å². The van der Waals surface area contributed by atoms with Gasteiger partial charge in [0.1, 0.15) is 32.1 Å². The molecule has 0 N–H and O–H groups in total. The maximum Gasteiger partial charge on any atom is 0.185 e. The van der Waals surface area contributed by atoms with E-state index in [0.29, 0.717) is 32.7 Å². The molecule has 2 aromatic carbocycles. The predicted octanol–water partition coefficient (Wildman–Crippen LogP) is 6.67. The van der Waals surface area contributed by atoms with Gasteiger partial charge >= 0.3 is 0 Å². The summed E-state index contributed by atoms with van der Waals surface area (Å²) in [6.07, 6.45) is 4.94. The number of aldehydes is 1. The smallest absolute Gasteiger partial charge is 0.185 e. The Morgan fingerprint density at radius 3 is 2.31 bits per heavy atom. The Labute approximate surface area is 268 Å². The van der Waals surface area contributed by atoms with Gasteiger partial charge in [-0.15, -0.1) is 6.58 Å². The molecule has 8 nitrogen and oxygen atoms in total. The van der Waals surface area contributed by atoms with Crippen LogP contribution in [-0.2, 0) is 44.6 Å². The number of rotatable bonds is 18. The molecule has 0 amide bonds. The van der Waals surface area contributed by atoms with E-state index in [-0.39, 0.29) is 31.3 Å². The van der Waals surface area contributed by atoms with E-state index < -0.39 is 30.0 Å². The van der Waals surface area contributed by atoms with Crippen LogP contribution in [0.1, 0.15) is 50.5 Å². The summed E-state index contributed by atoms with van der Waals surface area (Å²) in [5.74, 6) is 0.117. The SMILES string of the molecule is C=C[C@H]1O[C@@H](c2ccccc2)O[C@@H]([C@H]2C=C(COCOC)CC[C@@]2(C=O)C[C@H](C)[C@@H](C)COCc2ccccc2)[C@@H]1OCOC. The van der Waals surface area contributed by atoms with Crippen molar-refractivity contribution in [3.05, 3.63) is 96.1 Å². The number of benzene rings is 2. The predicted molar refractivity (Wildman–Crippen MR) is 172 cm³/mol. The van der Waals surface area contributed by atoms with Gasteiger partial charge in [-0.05, 0) is 42.2 Å². The average molecular weight is 623 g/mol. The second-order valence-electron chi connectivity index (χ2n) is 12.3. The first kappa shape index (κ1) is 35.2. The first-order valence-corrected chi connectivity index (χ1v) is 15.9. The Morgan fingerprint density at radius 2 is 1.64 bits per heavy atom. The molecular formula is C37H50O8. The zero-order chi connectivity index (χ0) is 32.1. The molecule has 0 bridgehead atoms. The van der Waals surface area contributed by atoms with E-state index in [2.05, 4.69) is 38.6 Å². The molecule has 1 fully saturated rings. The van der Waals surface area contributed by atoms with E-state index in [1.165, 1.54) is 0 Å². The van der Waals surface area contributed by atoms with Crippen molar-refractivity contribution in [2.75, 3.05) is 41.0 Å². The molecule has 4 rings (SSSR count). The molecule has 0 saturated carbocycles. The molecule has 45 heavy (non-hydrogen) atoms. The first-order valence-electron chi connectivity index (χ1n) is 15.9. The summed E-state index contributed by atoms with van der Waals surface area (Å²) in [7, 11) is 3.19. The fourth-order valence-electron chi connectivity index (χ4n) is 6.43. The van der Waals surface area contributed by atoms with Crippen LogP contribution in [0.25, 0.3) is 0 Å². The summed E-state index contributed by atoms with van der Waals surface area (Å²) >= 11 is 0. The van der Waals surface area contributed by atoms with Gasteiger partial charge in [-0.2, -0.15) is 0 Å². The van der Waals surface area contributed by atoms with E-state index in [4.69, 9.17) is 33.2 Å². The summed E-state index contributed by atoms with van der Waals surface area (Å²) in [4.78, 5) is 13.4. The van der Waals surface area contributed by atoms with Gasteiger partial charge in [0, 0.05) is 37.7 Å². The second-order valence-corrected chi connectivity index (χ2v) is 12.3. The number of hydrogen-bond acceptors (Lipinski definition) is 8. The van der Waals surface area contributed by atoms with Crippen LogP contribution < -0.4 is 0 Å². The number of hydrogen-bond donors (Lipinski definition) is 0. The molecule has 0 aromatic heterocycles. The van der Waals surface area contributed by atoms with E-state index >= 15 is 0 Å². The second kappa shape index (κ2) is 17.9. The van der Waals surface area contributed by atoms with Crippen LogP contribution in [0.5, 0.6) is 0 Å². The van der Waals surface area contributed by atoms with Gasteiger partial charge in [-0.1, -0.05) is 86.7 Å². The Hall–Kier alpha value is -2.69. The van der Waals surface area contributed by atoms with Crippen LogP contribution in [0, 0.1) is 23.2 Å². The third-order valence-electron chi connectivity index (χ3n) is 9.13. The third kappa shape index (κ3) is 9.42. The lowest BCUT2D eigenvalue weighted by Crippen LogP contribution is -2.56. The lowest BCUT2D eigenvalue weighted by Gasteiger charge is -2.50. The topological polar surface area (TPSA) is 81.7 Å². The molecular weight excluding hydrogens is 572 g/mol. The summed E-state index contributed by atoms with van der Waals surface area (Å²) in [6, 6.07) is 20.0. The fourth-order valence-corrected chi connectivity index (χ4v) is 6.43. The minimum atomic E-state index is -0.707. The fraction of sp³-hybridized carbons (Fsp3) is 0.541. The highest BCUT2D eigenvalue weighted by Gasteiger charge is 2.52. The summed E-state index contributed by atoms with van der Waals surface area (Å²) in [5, 5.41) is 0. The molecule has 8 atom stereocenters. The van der Waals surface area contributed by atoms with Crippen molar-refractivity contribution in [1.29, 1.82) is 0 Å². The Balaban J connectivity index is 1.63. The van der Waals surface area contributed by atoms with Crippen molar-refractivity contribution in [1.82, 2.24) is 0 Å². The number of carbonyl (C=O) groups is 1. The lowest BCUT2D eigenvalue weighted by atomic mass is 9.60. The molecule has 1 heterocycles. The highest BCUT2D eigenvalue weighted by atomic mass is 16.7. The monoisotopic (exact) mass is 622 g/mol. The van der Waals surface area contributed by atoms with Gasteiger partial charge in [-0.3, -0.25) is 0 Å². The van der Waals surface area contributed by atoms with Crippen LogP contribution in [0.2, 0.25) is 0 Å². The number of methoxy groups -OCH3 is 2. The Bertz CT molecular complexity index is 1190. The van der Waals surface area contributed by atoms with E-state index in [1.54, 1.807) is 20.3 Å².